The third-order valence-electron chi connectivity index (χ3n) is 9.19. The minimum absolute atomic E-state index is 0.0269. The molecular weight excluding hydrogens is 496 g/mol. The Balaban J connectivity index is 1.42. The lowest BCUT2D eigenvalue weighted by Crippen LogP contribution is -2.47. The van der Waals surface area contributed by atoms with Crippen LogP contribution in [0.15, 0.2) is 30.9 Å². The second-order valence-electron chi connectivity index (χ2n) is 10.8. The molecule has 0 aromatic heterocycles. The number of Topliss-reactive ketones (excluding diaryl/α,β-unsaturated/α-hetero) is 1. The fraction of sp³-hybridized carbons (Fsp3) is 0.643. The number of hydrogen-bond donors (Lipinski definition) is 0. The molecule has 2 saturated carbocycles. The van der Waals surface area contributed by atoms with Gasteiger partial charge in [-0.15, -0.1) is 6.58 Å². The monoisotopic (exact) mass is 530 g/mol. The Hall–Kier alpha value is -1.66. The average molecular weight is 531 g/mol. The molecule has 1 heterocycles. The smallest absolute Gasteiger partial charge is 0.320 e. The molecule has 3 fully saturated rings. The summed E-state index contributed by atoms with van der Waals surface area (Å²) in [6.45, 7) is 6.73. The fourth-order valence-corrected chi connectivity index (χ4v) is 8.01. The van der Waals surface area contributed by atoms with E-state index in [4.69, 9.17) is 14.2 Å². The normalized spacial score (nSPS) is 37.7. The summed E-state index contributed by atoms with van der Waals surface area (Å²) < 4.78 is 17.1. The van der Waals surface area contributed by atoms with Crippen LogP contribution >= 0.6 is 15.9 Å². The van der Waals surface area contributed by atoms with Gasteiger partial charge in [0.15, 0.2) is 12.1 Å². The van der Waals surface area contributed by atoms with E-state index in [0.717, 1.165) is 57.3 Å². The Morgan fingerprint density at radius 2 is 2.12 bits per heavy atom. The number of halogens is 1. The highest BCUT2D eigenvalue weighted by Crippen LogP contribution is 2.65. The lowest BCUT2D eigenvalue weighted by molar-refractivity contribution is -0.157. The van der Waals surface area contributed by atoms with Gasteiger partial charge in [-0.1, -0.05) is 35.0 Å². The zero-order valence-corrected chi connectivity index (χ0v) is 21.8. The van der Waals surface area contributed by atoms with E-state index in [1.807, 2.05) is 0 Å². The van der Waals surface area contributed by atoms with Crippen molar-refractivity contribution in [3.8, 4) is 5.75 Å². The van der Waals surface area contributed by atoms with Crippen LogP contribution < -0.4 is 4.74 Å². The molecule has 0 spiro atoms. The van der Waals surface area contributed by atoms with Crippen LogP contribution in [0.3, 0.4) is 0 Å². The summed E-state index contributed by atoms with van der Waals surface area (Å²) in [5, 5.41) is 0. The van der Waals surface area contributed by atoms with Gasteiger partial charge in [-0.3, -0.25) is 9.59 Å². The summed E-state index contributed by atoms with van der Waals surface area (Å²) in [4.78, 5) is 26.5. The number of alkyl halides is 1. The van der Waals surface area contributed by atoms with Crippen LogP contribution in [0.4, 0.5) is 0 Å². The summed E-state index contributed by atoms with van der Waals surface area (Å²) in [7, 11) is 1.38. The maximum absolute atomic E-state index is 13.9. The molecule has 1 aromatic carbocycles. The molecular formula is C28H35BrO5. The summed E-state index contributed by atoms with van der Waals surface area (Å²) >= 11 is 3.60. The van der Waals surface area contributed by atoms with Crippen molar-refractivity contribution >= 4 is 27.7 Å². The number of carbonyl (C=O) groups is 2. The van der Waals surface area contributed by atoms with Crippen molar-refractivity contribution in [3.63, 3.8) is 0 Å². The minimum Gasteiger partial charge on any atom is -0.468 e. The third-order valence-corrected chi connectivity index (χ3v) is 10.3. The molecule has 3 aliphatic carbocycles. The Bertz CT molecular complexity index is 985. The number of carbonyl (C=O) groups excluding carboxylic acids is 2. The highest BCUT2D eigenvalue weighted by atomic mass is 79.9. The molecule has 34 heavy (non-hydrogen) atoms. The van der Waals surface area contributed by atoms with Gasteiger partial charge in [0.1, 0.15) is 11.2 Å². The Labute approximate surface area is 210 Å². The van der Waals surface area contributed by atoms with Crippen LogP contribution in [-0.4, -0.2) is 36.6 Å². The predicted octanol–water partition coefficient (Wildman–Crippen LogP) is 5.74. The number of fused-ring (bicyclic) bond motifs is 5. The van der Waals surface area contributed by atoms with Crippen LogP contribution in [0, 0.1) is 22.7 Å². The van der Waals surface area contributed by atoms with Gasteiger partial charge in [0.2, 0.25) is 0 Å². The van der Waals surface area contributed by atoms with Crippen molar-refractivity contribution in [1.82, 2.24) is 0 Å². The van der Waals surface area contributed by atoms with E-state index in [9.17, 15) is 9.59 Å². The number of rotatable bonds is 5. The first kappa shape index (κ1) is 24.1. The molecule has 0 radical (unpaired) electrons. The molecule has 5 nitrogen and oxygen atoms in total. The number of benzene rings is 1. The van der Waals surface area contributed by atoms with E-state index in [1.165, 1.54) is 18.2 Å². The first-order chi connectivity index (χ1) is 16.3. The number of aryl methyl sites for hydroxylation is 1. The maximum atomic E-state index is 13.9. The lowest BCUT2D eigenvalue weighted by atomic mass is 9.55. The molecule has 1 unspecified atom stereocenters. The van der Waals surface area contributed by atoms with Crippen molar-refractivity contribution in [3.05, 3.63) is 42.0 Å². The topological polar surface area (TPSA) is 61.8 Å². The van der Waals surface area contributed by atoms with Crippen LogP contribution in [0.2, 0.25) is 0 Å². The highest BCUT2D eigenvalue weighted by Gasteiger charge is 2.68. The largest absolute Gasteiger partial charge is 0.468 e. The highest BCUT2D eigenvalue weighted by molar-refractivity contribution is 9.09. The molecule has 0 N–H and O–H groups in total. The van der Waals surface area contributed by atoms with E-state index in [-0.39, 0.29) is 18.0 Å². The second kappa shape index (κ2) is 9.09. The number of allylic oxidation sites excluding steroid dienone is 1. The predicted molar refractivity (Wildman–Crippen MR) is 133 cm³/mol. The maximum Gasteiger partial charge on any atom is 0.320 e. The van der Waals surface area contributed by atoms with Crippen LogP contribution in [0.25, 0.3) is 0 Å². The van der Waals surface area contributed by atoms with Crippen molar-refractivity contribution < 1.29 is 23.8 Å². The quantitative estimate of drug-likeness (QED) is 0.210. The van der Waals surface area contributed by atoms with Gasteiger partial charge in [-0.25, -0.2) is 0 Å². The Kier molecular flexibility index (Phi) is 6.43. The zero-order chi connectivity index (χ0) is 24.1. The molecule has 0 bridgehead atoms. The molecule has 0 amide bonds. The SMILES string of the molecule is C=C[C@H](Br)[C@]1(C(=O)OC)C[C@H]2[C@@H]3CCc4cc(OC5CCCCO5)ccc4[C@H]3CC[C@]2(C)C1=O. The van der Waals surface area contributed by atoms with Crippen LogP contribution in [0.5, 0.6) is 5.75 Å². The Morgan fingerprint density at radius 3 is 2.82 bits per heavy atom. The molecule has 184 valence electrons. The van der Waals surface area contributed by atoms with Gasteiger partial charge < -0.3 is 14.2 Å². The minimum atomic E-state index is -1.19. The van der Waals surface area contributed by atoms with Crippen molar-refractivity contribution in [2.45, 2.75) is 75.3 Å². The van der Waals surface area contributed by atoms with Gasteiger partial charge in [0, 0.05) is 11.8 Å². The fourth-order valence-electron chi connectivity index (χ4n) is 7.43. The van der Waals surface area contributed by atoms with Gasteiger partial charge in [-0.2, -0.15) is 0 Å². The lowest BCUT2D eigenvalue weighted by Gasteiger charge is -2.48. The van der Waals surface area contributed by atoms with Gasteiger partial charge in [0.25, 0.3) is 0 Å². The van der Waals surface area contributed by atoms with Gasteiger partial charge in [-0.05, 0) is 86.0 Å². The molecule has 1 aliphatic heterocycles. The third kappa shape index (κ3) is 3.59. The average Bonchev–Trinajstić information content (AvgIpc) is 3.11. The first-order valence-corrected chi connectivity index (χ1v) is 13.6. The number of ether oxygens (including phenoxy) is 3. The van der Waals surface area contributed by atoms with Crippen LogP contribution in [0.1, 0.15) is 68.9 Å². The number of hydrogen-bond acceptors (Lipinski definition) is 5. The number of ketones is 1. The van der Waals surface area contributed by atoms with E-state index in [1.54, 1.807) is 6.08 Å². The Morgan fingerprint density at radius 1 is 1.29 bits per heavy atom. The van der Waals surface area contributed by atoms with E-state index < -0.39 is 21.6 Å². The molecule has 6 heteroatoms. The molecule has 7 atom stereocenters. The van der Waals surface area contributed by atoms with Crippen molar-refractivity contribution in [1.29, 1.82) is 0 Å². The second-order valence-corrected chi connectivity index (χ2v) is 11.8. The van der Waals surface area contributed by atoms with E-state index in [0.29, 0.717) is 18.3 Å². The summed E-state index contributed by atoms with van der Waals surface area (Å²) in [5.74, 6) is 1.41. The van der Waals surface area contributed by atoms with Crippen LogP contribution in [-0.2, 0) is 25.5 Å². The summed E-state index contributed by atoms with van der Waals surface area (Å²) in [6, 6.07) is 6.51. The standard InChI is InChI=1S/C28H35BrO5/c1-4-23(29)28(26(31)32-3)16-22-21-10-8-17-15-18(34-24-7-5-6-14-33-24)9-11-19(17)20(21)12-13-27(22,2)25(28)30/h4,9,11,15,20-24H,1,5-8,10,12-14,16H2,2-3H3/t20-,21-,22+,23+,24?,27+,28-/m1/s1. The van der Waals surface area contributed by atoms with Crippen molar-refractivity contribution in [2.75, 3.05) is 13.7 Å². The molecule has 5 rings (SSSR count). The first-order valence-electron chi connectivity index (χ1n) is 12.7. The number of methoxy groups -OCH3 is 1. The number of esters is 1. The molecule has 1 aromatic rings. The van der Waals surface area contributed by atoms with Crippen molar-refractivity contribution in [2.24, 2.45) is 22.7 Å². The molecule has 1 saturated heterocycles. The summed E-state index contributed by atoms with van der Waals surface area (Å²) in [5.41, 5.74) is 1.04. The van der Waals surface area contributed by atoms with Gasteiger partial charge >= 0.3 is 5.97 Å². The van der Waals surface area contributed by atoms with Gasteiger partial charge in [0.05, 0.1) is 18.5 Å². The van der Waals surface area contributed by atoms with E-state index >= 15 is 0 Å². The zero-order valence-electron chi connectivity index (χ0n) is 20.2. The molecule has 4 aliphatic rings. The van der Waals surface area contributed by atoms with E-state index in [2.05, 4.69) is 47.6 Å². The summed E-state index contributed by atoms with van der Waals surface area (Å²) in [6.07, 6.45) is 8.98.